The van der Waals surface area contributed by atoms with E-state index in [1.54, 1.807) is 6.08 Å². The zero-order valence-electron chi connectivity index (χ0n) is 14.6. The fourth-order valence-electron chi connectivity index (χ4n) is 2.31. The largest absolute Gasteiger partial charge is 0.550 e. The van der Waals surface area contributed by atoms with Gasteiger partial charge in [0.25, 0.3) is 5.91 Å². The van der Waals surface area contributed by atoms with Crippen LogP contribution in [0.1, 0.15) is 32.3 Å². The Kier molecular flexibility index (Phi) is 7.47. The molecule has 0 bridgehead atoms. The van der Waals surface area contributed by atoms with Crippen molar-refractivity contribution in [3.05, 3.63) is 28.7 Å². The predicted molar refractivity (Wildman–Crippen MR) is 103 cm³/mol. The lowest BCUT2D eigenvalue weighted by atomic mass is 10.1. The zero-order valence-corrected chi connectivity index (χ0v) is 16.3. The number of amides is 1. The average Bonchev–Trinajstić information content (AvgIpc) is 2.86. The number of thiocarbonyl (C=S) groups is 1. The fourth-order valence-corrected chi connectivity index (χ4v) is 3.61. The van der Waals surface area contributed by atoms with Gasteiger partial charge < -0.3 is 19.4 Å². The normalized spacial score (nSPS) is 15.6. The third-order valence-electron chi connectivity index (χ3n) is 3.46. The number of ether oxygens (including phenoxy) is 2. The number of rotatable bonds is 9. The number of benzene rings is 1. The van der Waals surface area contributed by atoms with Gasteiger partial charge in [-0.2, -0.15) is 0 Å². The maximum Gasteiger partial charge on any atom is 0.266 e. The molecule has 0 aromatic heterocycles. The van der Waals surface area contributed by atoms with Gasteiger partial charge in [0.2, 0.25) is 0 Å². The molecule has 1 amide bonds. The first kappa shape index (κ1) is 20.3. The molecular weight excluding hydrogens is 374 g/mol. The number of aliphatic carboxylic acids is 1. The summed E-state index contributed by atoms with van der Waals surface area (Å²) in [7, 11) is 0. The quantitative estimate of drug-likeness (QED) is 0.469. The van der Waals surface area contributed by atoms with E-state index >= 15 is 0 Å². The highest BCUT2D eigenvalue weighted by Gasteiger charge is 2.32. The van der Waals surface area contributed by atoms with Crippen LogP contribution in [0.15, 0.2) is 23.1 Å². The molecule has 1 heterocycles. The minimum Gasteiger partial charge on any atom is -0.550 e. The summed E-state index contributed by atoms with van der Waals surface area (Å²) in [5.41, 5.74) is 0.713. The van der Waals surface area contributed by atoms with Gasteiger partial charge in [-0.05, 0) is 25.5 Å². The number of carboxylic acids is 1. The minimum atomic E-state index is -1.22. The predicted octanol–water partition coefficient (Wildman–Crippen LogP) is 2.22. The van der Waals surface area contributed by atoms with E-state index in [1.165, 1.54) is 4.90 Å². The monoisotopic (exact) mass is 394 g/mol. The lowest BCUT2D eigenvalue weighted by Crippen LogP contribution is -2.33. The highest BCUT2D eigenvalue weighted by molar-refractivity contribution is 8.26. The molecule has 0 N–H and O–H groups in total. The first-order valence-electron chi connectivity index (χ1n) is 8.31. The molecule has 1 fully saturated rings. The molecule has 1 aliphatic heterocycles. The second kappa shape index (κ2) is 9.59. The third kappa shape index (κ3) is 4.98. The van der Waals surface area contributed by atoms with Crippen LogP contribution in [-0.4, -0.2) is 40.9 Å². The van der Waals surface area contributed by atoms with Gasteiger partial charge in [0.15, 0.2) is 11.5 Å². The first-order valence-corrected chi connectivity index (χ1v) is 9.54. The summed E-state index contributed by atoms with van der Waals surface area (Å²) in [6.45, 7) is 4.92. The van der Waals surface area contributed by atoms with Crippen LogP contribution in [-0.2, 0) is 9.59 Å². The number of nitrogens with zero attached hydrogens (tertiary/aromatic N) is 1. The molecule has 0 unspecified atom stereocenters. The van der Waals surface area contributed by atoms with Crippen molar-refractivity contribution >= 4 is 46.3 Å². The van der Waals surface area contributed by atoms with Crippen molar-refractivity contribution in [1.29, 1.82) is 0 Å². The molecule has 0 aliphatic carbocycles. The molecule has 1 aromatic rings. The summed E-state index contributed by atoms with van der Waals surface area (Å²) in [6, 6.07) is 5.48. The van der Waals surface area contributed by atoms with Crippen LogP contribution in [0, 0.1) is 0 Å². The molecule has 6 nitrogen and oxygen atoms in total. The number of thioether (sulfide) groups is 1. The first-order chi connectivity index (χ1) is 12.5. The number of carboxylic acid groups (broad SMARTS) is 1. The summed E-state index contributed by atoms with van der Waals surface area (Å²) >= 11 is 6.33. The van der Waals surface area contributed by atoms with Crippen molar-refractivity contribution in [1.82, 2.24) is 4.90 Å². The molecule has 2 rings (SSSR count). The lowest BCUT2D eigenvalue weighted by Gasteiger charge is -2.15. The molecule has 0 radical (unpaired) electrons. The summed E-state index contributed by atoms with van der Waals surface area (Å²) in [4.78, 5) is 24.9. The van der Waals surface area contributed by atoms with E-state index < -0.39 is 5.97 Å². The van der Waals surface area contributed by atoms with Crippen molar-refractivity contribution in [3.63, 3.8) is 0 Å². The molecule has 140 valence electrons. The van der Waals surface area contributed by atoms with E-state index in [4.69, 9.17) is 21.7 Å². The fraction of sp³-hybridized carbons (Fsp3) is 0.389. The van der Waals surface area contributed by atoms with Crippen molar-refractivity contribution < 1.29 is 24.2 Å². The average molecular weight is 394 g/mol. The van der Waals surface area contributed by atoms with E-state index in [9.17, 15) is 14.7 Å². The molecule has 8 heteroatoms. The Bertz CT molecular complexity index is 732. The topological polar surface area (TPSA) is 78.9 Å². The van der Waals surface area contributed by atoms with Crippen LogP contribution >= 0.6 is 24.0 Å². The summed E-state index contributed by atoms with van der Waals surface area (Å²) < 4.78 is 11.8. The van der Waals surface area contributed by atoms with Crippen LogP contribution < -0.4 is 14.6 Å². The second-order valence-corrected chi connectivity index (χ2v) is 7.09. The van der Waals surface area contributed by atoms with E-state index in [0.29, 0.717) is 39.5 Å². The standard InChI is InChI=1S/C18H21NO5S2/c1-3-10-24-16-12(6-5-7-13(16)23-4-2)11-14-17(22)19(18(25)26-14)9-8-15(20)21/h5-7,11H,3-4,8-10H2,1-2H3,(H,20,21)/p-1/b14-11-. The maximum absolute atomic E-state index is 12.5. The van der Waals surface area contributed by atoms with Crippen molar-refractivity contribution in [2.45, 2.75) is 26.7 Å². The van der Waals surface area contributed by atoms with Gasteiger partial charge in [0.05, 0.1) is 18.1 Å². The highest BCUT2D eigenvalue weighted by Crippen LogP contribution is 2.37. The molecule has 1 saturated heterocycles. The van der Waals surface area contributed by atoms with E-state index in [0.717, 1.165) is 18.2 Å². The van der Waals surface area contributed by atoms with E-state index in [1.807, 2.05) is 32.0 Å². The van der Waals surface area contributed by atoms with Gasteiger partial charge >= 0.3 is 0 Å². The number of carbonyl (C=O) groups is 2. The molecule has 0 saturated carbocycles. The lowest BCUT2D eigenvalue weighted by molar-refractivity contribution is -0.305. The van der Waals surface area contributed by atoms with Crippen molar-refractivity contribution in [2.75, 3.05) is 19.8 Å². The van der Waals surface area contributed by atoms with Crippen LogP contribution in [0.2, 0.25) is 0 Å². The zero-order chi connectivity index (χ0) is 19.1. The van der Waals surface area contributed by atoms with Crippen LogP contribution in [0.3, 0.4) is 0 Å². The Hall–Kier alpha value is -2.06. The molecular formula is C18H20NO5S2-. The summed E-state index contributed by atoms with van der Waals surface area (Å²) in [5.74, 6) is -0.342. The van der Waals surface area contributed by atoms with Gasteiger partial charge in [-0.25, -0.2) is 0 Å². The smallest absolute Gasteiger partial charge is 0.266 e. The van der Waals surface area contributed by atoms with Gasteiger partial charge in [0.1, 0.15) is 4.32 Å². The molecule has 26 heavy (non-hydrogen) atoms. The maximum atomic E-state index is 12.5. The Morgan fingerprint density at radius 3 is 2.77 bits per heavy atom. The number of hydrogen-bond acceptors (Lipinski definition) is 7. The van der Waals surface area contributed by atoms with Gasteiger partial charge in [-0.3, -0.25) is 9.69 Å². The molecule has 0 atom stereocenters. The Morgan fingerprint density at radius 2 is 2.12 bits per heavy atom. The molecule has 0 spiro atoms. The Balaban J connectivity index is 2.30. The van der Waals surface area contributed by atoms with Crippen LogP contribution in [0.4, 0.5) is 0 Å². The Labute approximate surface area is 162 Å². The Morgan fingerprint density at radius 1 is 1.35 bits per heavy atom. The number of carbonyl (C=O) groups excluding carboxylic acids is 2. The minimum absolute atomic E-state index is 0.00250. The number of para-hydroxylation sites is 1. The van der Waals surface area contributed by atoms with Crippen molar-refractivity contribution in [3.8, 4) is 11.5 Å². The van der Waals surface area contributed by atoms with Gasteiger partial charge in [0, 0.05) is 24.5 Å². The van der Waals surface area contributed by atoms with Gasteiger partial charge in [-0.1, -0.05) is 43.0 Å². The summed E-state index contributed by atoms with van der Waals surface area (Å²) in [6.07, 6.45) is 2.28. The number of hydrogen-bond donors (Lipinski definition) is 0. The van der Waals surface area contributed by atoms with E-state index in [-0.39, 0.29) is 18.9 Å². The van der Waals surface area contributed by atoms with E-state index in [2.05, 4.69) is 0 Å². The molecule has 1 aliphatic rings. The second-order valence-electron chi connectivity index (χ2n) is 5.41. The van der Waals surface area contributed by atoms with Gasteiger partial charge in [-0.15, -0.1) is 0 Å². The SMILES string of the molecule is CCCOc1c(/C=C2\SC(=S)N(CCC(=O)[O-])C2=O)cccc1OCC. The van der Waals surface area contributed by atoms with Crippen LogP contribution in [0.5, 0.6) is 11.5 Å². The summed E-state index contributed by atoms with van der Waals surface area (Å²) in [5, 5.41) is 10.6. The van der Waals surface area contributed by atoms with Crippen LogP contribution in [0.25, 0.3) is 6.08 Å². The molecule has 1 aromatic carbocycles. The third-order valence-corrected chi connectivity index (χ3v) is 4.84. The highest BCUT2D eigenvalue weighted by atomic mass is 32.2. The van der Waals surface area contributed by atoms with Crippen molar-refractivity contribution in [2.24, 2.45) is 0 Å².